The summed E-state index contributed by atoms with van der Waals surface area (Å²) < 4.78 is 28.2. The number of nitrogens with one attached hydrogen (secondary N) is 1. The molecule has 1 aliphatic carbocycles. The Morgan fingerprint density at radius 1 is 1.30 bits per heavy atom. The SMILES string of the molecule is Cn1cc([C@H]2CC(=O)NC23CCN(S(=O)(=O)C2CC2)CC3)cn1. The summed E-state index contributed by atoms with van der Waals surface area (Å²) in [4.78, 5) is 12.0. The molecule has 0 aromatic carbocycles. The topological polar surface area (TPSA) is 84.3 Å². The lowest BCUT2D eigenvalue weighted by Crippen LogP contribution is -2.54. The Kier molecular flexibility index (Phi) is 3.32. The quantitative estimate of drug-likeness (QED) is 0.862. The standard InChI is InChI=1S/C15H22N4O3S/c1-18-10-11(9-16-18)13-8-14(20)17-15(13)4-6-19(7-5-15)23(21,22)12-2-3-12/h9-10,12-13H,2-8H2,1H3,(H,17,20)/t13-/m1/s1. The van der Waals surface area contributed by atoms with E-state index in [1.165, 1.54) is 0 Å². The lowest BCUT2D eigenvalue weighted by atomic mass is 9.75. The average Bonchev–Trinajstić information content (AvgIpc) is 3.22. The highest BCUT2D eigenvalue weighted by Gasteiger charge is 2.51. The second-order valence-corrected chi connectivity index (χ2v) is 9.26. The van der Waals surface area contributed by atoms with Crippen LogP contribution >= 0.6 is 0 Å². The smallest absolute Gasteiger partial charge is 0.221 e. The Hall–Kier alpha value is -1.41. The molecule has 23 heavy (non-hydrogen) atoms. The summed E-state index contributed by atoms with van der Waals surface area (Å²) in [5.41, 5.74) is 0.736. The van der Waals surface area contributed by atoms with E-state index in [1.54, 1.807) is 8.99 Å². The van der Waals surface area contributed by atoms with Crippen LogP contribution in [0.15, 0.2) is 12.4 Å². The molecule has 1 N–H and O–H groups in total. The van der Waals surface area contributed by atoms with Crippen molar-refractivity contribution in [1.29, 1.82) is 0 Å². The van der Waals surface area contributed by atoms with E-state index in [0.29, 0.717) is 32.4 Å². The van der Waals surface area contributed by atoms with Gasteiger partial charge in [-0.2, -0.15) is 5.10 Å². The highest BCUT2D eigenvalue weighted by Crippen LogP contribution is 2.44. The molecule has 1 aromatic heterocycles. The molecule has 3 fully saturated rings. The molecule has 1 atom stereocenters. The normalized spacial score (nSPS) is 28.2. The second-order valence-electron chi connectivity index (χ2n) is 7.05. The number of aryl methyl sites for hydroxylation is 1. The van der Waals surface area contributed by atoms with Crippen LogP contribution in [-0.2, 0) is 21.9 Å². The lowest BCUT2D eigenvalue weighted by molar-refractivity contribution is -0.120. The van der Waals surface area contributed by atoms with Gasteiger partial charge in [0.1, 0.15) is 0 Å². The first-order valence-electron chi connectivity index (χ1n) is 8.19. The molecule has 126 valence electrons. The molecule has 1 amide bonds. The Morgan fingerprint density at radius 3 is 2.57 bits per heavy atom. The number of rotatable bonds is 3. The predicted molar refractivity (Wildman–Crippen MR) is 84.2 cm³/mol. The molecule has 4 rings (SSSR count). The van der Waals surface area contributed by atoms with E-state index >= 15 is 0 Å². The summed E-state index contributed by atoms with van der Waals surface area (Å²) in [5, 5.41) is 7.20. The minimum absolute atomic E-state index is 0.0531. The van der Waals surface area contributed by atoms with Crippen molar-refractivity contribution in [3.8, 4) is 0 Å². The highest BCUT2D eigenvalue weighted by molar-refractivity contribution is 7.90. The largest absolute Gasteiger partial charge is 0.350 e. The van der Waals surface area contributed by atoms with E-state index in [9.17, 15) is 13.2 Å². The number of nitrogens with zero attached hydrogens (tertiary/aromatic N) is 3. The van der Waals surface area contributed by atoms with Crippen molar-refractivity contribution in [2.75, 3.05) is 13.1 Å². The minimum atomic E-state index is -3.12. The number of amides is 1. The zero-order valence-corrected chi connectivity index (χ0v) is 14.1. The van der Waals surface area contributed by atoms with E-state index in [1.807, 2.05) is 19.4 Å². The maximum absolute atomic E-state index is 12.4. The summed E-state index contributed by atoms with van der Waals surface area (Å²) in [6.45, 7) is 0.992. The summed E-state index contributed by atoms with van der Waals surface area (Å²) in [7, 11) is -1.26. The van der Waals surface area contributed by atoms with Crippen LogP contribution in [0.2, 0.25) is 0 Å². The molecule has 3 heterocycles. The molecular weight excluding hydrogens is 316 g/mol. The van der Waals surface area contributed by atoms with Gasteiger partial charge < -0.3 is 5.32 Å². The van der Waals surface area contributed by atoms with E-state index in [-0.39, 0.29) is 22.6 Å². The van der Waals surface area contributed by atoms with Gasteiger partial charge in [0.15, 0.2) is 0 Å². The summed E-state index contributed by atoms with van der Waals surface area (Å²) >= 11 is 0. The van der Waals surface area contributed by atoms with Gasteiger partial charge >= 0.3 is 0 Å². The number of hydrogen-bond acceptors (Lipinski definition) is 4. The number of carbonyl (C=O) groups excluding carboxylic acids is 1. The maximum Gasteiger partial charge on any atom is 0.221 e. The summed E-state index contributed by atoms with van der Waals surface area (Å²) in [5.74, 6) is 0.131. The number of carbonyl (C=O) groups is 1. The summed E-state index contributed by atoms with van der Waals surface area (Å²) in [6.07, 6.45) is 7.16. The first-order valence-corrected chi connectivity index (χ1v) is 9.70. The maximum atomic E-state index is 12.4. The van der Waals surface area contributed by atoms with Crippen LogP contribution in [0.4, 0.5) is 0 Å². The molecule has 0 bridgehead atoms. The highest BCUT2D eigenvalue weighted by atomic mass is 32.2. The van der Waals surface area contributed by atoms with Gasteiger partial charge in [-0.25, -0.2) is 12.7 Å². The van der Waals surface area contributed by atoms with Gasteiger partial charge in [0, 0.05) is 44.2 Å². The minimum Gasteiger partial charge on any atom is -0.350 e. The number of piperidine rings is 1. The van der Waals surface area contributed by atoms with Gasteiger partial charge in [-0.3, -0.25) is 9.48 Å². The Balaban J connectivity index is 1.55. The van der Waals surface area contributed by atoms with Crippen LogP contribution in [0.1, 0.15) is 43.6 Å². The number of aromatic nitrogens is 2. The van der Waals surface area contributed by atoms with Crippen molar-refractivity contribution in [3.63, 3.8) is 0 Å². The molecule has 2 aliphatic heterocycles. The molecular formula is C15H22N4O3S. The summed E-state index contributed by atoms with van der Waals surface area (Å²) in [6, 6.07) is 0. The lowest BCUT2D eigenvalue weighted by Gasteiger charge is -2.42. The van der Waals surface area contributed by atoms with Crippen molar-refractivity contribution in [2.45, 2.75) is 48.8 Å². The van der Waals surface area contributed by atoms with Crippen LogP contribution in [0.3, 0.4) is 0 Å². The van der Waals surface area contributed by atoms with Crippen molar-refractivity contribution in [2.24, 2.45) is 7.05 Å². The molecule has 0 unspecified atom stereocenters. The predicted octanol–water partition coefficient (Wildman–Crippen LogP) is 0.350. The fourth-order valence-electron chi connectivity index (χ4n) is 4.04. The first kappa shape index (κ1) is 15.1. The Bertz CT molecular complexity index is 730. The third-order valence-corrected chi connectivity index (χ3v) is 7.89. The van der Waals surface area contributed by atoms with E-state index in [4.69, 9.17) is 0 Å². The van der Waals surface area contributed by atoms with Crippen LogP contribution in [0.25, 0.3) is 0 Å². The zero-order valence-electron chi connectivity index (χ0n) is 13.2. The van der Waals surface area contributed by atoms with E-state index in [2.05, 4.69) is 10.4 Å². The van der Waals surface area contributed by atoms with Crippen LogP contribution in [0, 0.1) is 0 Å². The van der Waals surface area contributed by atoms with Crippen molar-refractivity contribution in [1.82, 2.24) is 19.4 Å². The third kappa shape index (κ3) is 2.48. The second kappa shape index (κ2) is 5.04. The molecule has 1 aromatic rings. The van der Waals surface area contributed by atoms with Crippen LogP contribution < -0.4 is 5.32 Å². The molecule has 7 nitrogen and oxygen atoms in total. The molecule has 0 radical (unpaired) electrons. The fourth-order valence-corrected chi connectivity index (χ4v) is 5.89. The molecule has 2 saturated heterocycles. The molecule has 1 saturated carbocycles. The van der Waals surface area contributed by atoms with Gasteiger partial charge in [-0.1, -0.05) is 0 Å². The molecule has 3 aliphatic rings. The van der Waals surface area contributed by atoms with E-state index < -0.39 is 10.0 Å². The van der Waals surface area contributed by atoms with Gasteiger partial charge in [0.05, 0.1) is 11.4 Å². The van der Waals surface area contributed by atoms with Gasteiger partial charge in [0.25, 0.3) is 0 Å². The van der Waals surface area contributed by atoms with Gasteiger partial charge in [-0.05, 0) is 31.2 Å². The van der Waals surface area contributed by atoms with Crippen molar-refractivity contribution in [3.05, 3.63) is 18.0 Å². The van der Waals surface area contributed by atoms with Crippen molar-refractivity contribution < 1.29 is 13.2 Å². The average molecular weight is 338 g/mol. The van der Waals surface area contributed by atoms with Crippen LogP contribution in [0.5, 0.6) is 0 Å². The third-order valence-electron chi connectivity index (χ3n) is 5.49. The molecule has 8 heteroatoms. The Labute approximate surface area is 136 Å². The number of sulfonamides is 1. The van der Waals surface area contributed by atoms with Crippen molar-refractivity contribution >= 4 is 15.9 Å². The van der Waals surface area contributed by atoms with Gasteiger partial charge in [0.2, 0.25) is 15.9 Å². The van der Waals surface area contributed by atoms with E-state index in [0.717, 1.165) is 18.4 Å². The fraction of sp³-hybridized carbons (Fsp3) is 0.733. The molecule has 1 spiro atoms. The van der Waals surface area contributed by atoms with Crippen LogP contribution in [-0.4, -0.2) is 52.3 Å². The van der Waals surface area contributed by atoms with Gasteiger partial charge in [-0.15, -0.1) is 0 Å². The monoisotopic (exact) mass is 338 g/mol. The first-order chi connectivity index (χ1) is 10.9. The number of hydrogen-bond donors (Lipinski definition) is 1. The Morgan fingerprint density at radius 2 is 2.00 bits per heavy atom. The zero-order chi connectivity index (χ0) is 16.2.